The lowest BCUT2D eigenvalue weighted by atomic mass is 10.0. The van der Waals surface area contributed by atoms with Gasteiger partial charge in [-0.2, -0.15) is 0 Å². The molecule has 1 aromatic rings. The molecule has 0 unspecified atom stereocenters. The van der Waals surface area contributed by atoms with Crippen LogP contribution in [-0.4, -0.2) is 6.54 Å². The summed E-state index contributed by atoms with van der Waals surface area (Å²) in [4.78, 5) is 0. The summed E-state index contributed by atoms with van der Waals surface area (Å²) < 4.78 is 1.84. The Labute approximate surface area is 119 Å². The minimum absolute atomic E-state index is 0. The highest BCUT2D eigenvalue weighted by molar-refractivity contribution is 9.11. The topological polar surface area (TPSA) is 78.1 Å². The first-order valence-electron chi connectivity index (χ1n) is 4.76. The Balaban J connectivity index is 0.00000225. The number of nitrogens with two attached hydrogens (primary N) is 3. The van der Waals surface area contributed by atoms with Gasteiger partial charge >= 0.3 is 0 Å². The SMILES string of the molecule is Cl.NCCC[C@H](N)c1cc(Br)cc(Br)c1N. The summed E-state index contributed by atoms with van der Waals surface area (Å²) in [5, 5.41) is 0. The number of benzene rings is 1. The van der Waals surface area contributed by atoms with E-state index in [0.717, 1.165) is 27.4 Å². The molecule has 0 fully saturated rings. The van der Waals surface area contributed by atoms with Crippen molar-refractivity contribution in [3.8, 4) is 0 Å². The lowest BCUT2D eigenvalue weighted by Gasteiger charge is -2.15. The van der Waals surface area contributed by atoms with Crippen LogP contribution >= 0.6 is 44.3 Å². The Kier molecular flexibility index (Phi) is 7.59. The monoisotopic (exact) mass is 371 g/mol. The fourth-order valence-electron chi connectivity index (χ4n) is 1.40. The number of nitrogen functional groups attached to an aromatic ring is 1. The van der Waals surface area contributed by atoms with E-state index in [1.54, 1.807) is 0 Å². The van der Waals surface area contributed by atoms with Crippen LogP contribution in [0.3, 0.4) is 0 Å². The second-order valence-electron chi connectivity index (χ2n) is 3.43. The predicted molar refractivity (Wildman–Crippen MR) is 78.7 cm³/mol. The van der Waals surface area contributed by atoms with Crippen LogP contribution in [0.1, 0.15) is 24.4 Å². The molecule has 0 saturated heterocycles. The van der Waals surface area contributed by atoms with E-state index >= 15 is 0 Å². The van der Waals surface area contributed by atoms with E-state index in [0.29, 0.717) is 12.2 Å². The molecular formula is C10H16Br2ClN3. The first kappa shape index (κ1) is 16.2. The third-order valence-electron chi connectivity index (χ3n) is 2.25. The molecule has 0 aromatic heterocycles. The van der Waals surface area contributed by atoms with Gasteiger partial charge in [-0.25, -0.2) is 0 Å². The van der Waals surface area contributed by atoms with Gasteiger partial charge in [0.05, 0.1) is 5.69 Å². The molecule has 6 heteroatoms. The van der Waals surface area contributed by atoms with Crippen molar-refractivity contribution in [1.29, 1.82) is 0 Å². The molecule has 0 bridgehead atoms. The fourth-order valence-corrected chi connectivity index (χ4v) is 2.66. The van der Waals surface area contributed by atoms with E-state index in [-0.39, 0.29) is 18.4 Å². The number of rotatable bonds is 4. The van der Waals surface area contributed by atoms with Gasteiger partial charge in [0, 0.05) is 15.0 Å². The second-order valence-corrected chi connectivity index (χ2v) is 5.20. The molecule has 3 nitrogen and oxygen atoms in total. The Hall–Kier alpha value is 0.190. The van der Waals surface area contributed by atoms with Crippen LogP contribution in [0.2, 0.25) is 0 Å². The van der Waals surface area contributed by atoms with Gasteiger partial charge in [0.1, 0.15) is 0 Å². The van der Waals surface area contributed by atoms with Gasteiger partial charge in [-0.1, -0.05) is 15.9 Å². The van der Waals surface area contributed by atoms with Crippen LogP contribution < -0.4 is 17.2 Å². The van der Waals surface area contributed by atoms with Gasteiger partial charge in [0.15, 0.2) is 0 Å². The van der Waals surface area contributed by atoms with Gasteiger partial charge in [0.25, 0.3) is 0 Å². The Morgan fingerprint density at radius 3 is 2.44 bits per heavy atom. The Bertz CT molecular complexity index is 347. The summed E-state index contributed by atoms with van der Waals surface area (Å²) in [5.74, 6) is 0. The minimum Gasteiger partial charge on any atom is -0.398 e. The highest BCUT2D eigenvalue weighted by Crippen LogP contribution is 2.32. The van der Waals surface area contributed by atoms with Crippen LogP contribution in [0.25, 0.3) is 0 Å². The van der Waals surface area contributed by atoms with Gasteiger partial charge < -0.3 is 17.2 Å². The molecule has 0 amide bonds. The van der Waals surface area contributed by atoms with E-state index in [9.17, 15) is 0 Å². The van der Waals surface area contributed by atoms with Gasteiger partial charge in [0.2, 0.25) is 0 Å². The van der Waals surface area contributed by atoms with E-state index in [1.165, 1.54) is 0 Å². The summed E-state index contributed by atoms with van der Waals surface area (Å²) in [6.45, 7) is 0.656. The smallest absolute Gasteiger partial charge is 0.0507 e. The number of halogens is 3. The predicted octanol–water partition coefficient (Wildman–Crippen LogP) is 2.95. The van der Waals surface area contributed by atoms with E-state index < -0.39 is 0 Å². The normalized spacial score (nSPS) is 12.0. The highest BCUT2D eigenvalue weighted by atomic mass is 79.9. The first-order valence-corrected chi connectivity index (χ1v) is 6.35. The largest absolute Gasteiger partial charge is 0.398 e. The molecule has 0 saturated carbocycles. The second kappa shape index (κ2) is 7.50. The van der Waals surface area contributed by atoms with Crippen molar-refractivity contribution in [2.45, 2.75) is 18.9 Å². The molecule has 0 spiro atoms. The molecule has 0 aliphatic heterocycles. The van der Waals surface area contributed by atoms with E-state index in [1.807, 2.05) is 12.1 Å². The number of anilines is 1. The summed E-state index contributed by atoms with van der Waals surface area (Å²) in [6.07, 6.45) is 1.76. The molecule has 0 aliphatic carbocycles. The third kappa shape index (κ3) is 4.22. The van der Waals surface area contributed by atoms with E-state index in [4.69, 9.17) is 17.2 Å². The van der Waals surface area contributed by atoms with Crippen molar-refractivity contribution in [2.24, 2.45) is 11.5 Å². The van der Waals surface area contributed by atoms with Crippen LogP contribution in [0.15, 0.2) is 21.1 Å². The van der Waals surface area contributed by atoms with Crippen molar-refractivity contribution in [3.63, 3.8) is 0 Å². The van der Waals surface area contributed by atoms with Gasteiger partial charge in [-0.15, -0.1) is 12.4 Å². The molecule has 92 valence electrons. The first-order chi connectivity index (χ1) is 7.06. The zero-order valence-electron chi connectivity index (χ0n) is 8.75. The van der Waals surface area contributed by atoms with Crippen molar-refractivity contribution < 1.29 is 0 Å². The molecule has 0 aliphatic rings. The summed E-state index contributed by atoms with van der Waals surface area (Å²) in [5.41, 5.74) is 19.1. The average molecular weight is 374 g/mol. The molecule has 1 rings (SSSR count). The molecule has 0 radical (unpaired) electrons. The number of hydrogen-bond donors (Lipinski definition) is 3. The molecule has 1 aromatic carbocycles. The zero-order valence-corrected chi connectivity index (χ0v) is 12.7. The average Bonchev–Trinajstić information content (AvgIpc) is 2.19. The van der Waals surface area contributed by atoms with Gasteiger partial charge in [-0.05, 0) is 53.0 Å². The highest BCUT2D eigenvalue weighted by Gasteiger charge is 2.12. The van der Waals surface area contributed by atoms with Crippen molar-refractivity contribution in [3.05, 3.63) is 26.6 Å². The summed E-state index contributed by atoms with van der Waals surface area (Å²) in [7, 11) is 0. The van der Waals surface area contributed by atoms with Crippen LogP contribution in [0.4, 0.5) is 5.69 Å². The maximum atomic E-state index is 6.04. The summed E-state index contributed by atoms with van der Waals surface area (Å²) in [6, 6.07) is 3.82. The Morgan fingerprint density at radius 1 is 1.25 bits per heavy atom. The van der Waals surface area contributed by atoms with E-state index in [2.05, 4.69) is 31.9 Å². The maximum Gasteiger partial charge on any atom is 0.0507 e. The molecule has 16 heavy (non-hydrogen) atoms. The fraction of sp³-hybridized carbons (Fsp3) is 0.400. The lowest BCUT2D eigenvalue weighted by molar-refractivity contribution is 0.619. The minimum atomic E-state index is -0.0534. The number of hydrogen-bond acceptors (Lipinski definition) is 3. The molecule has 1 atom stereocenters. The molecule has 0 heterocycles. The lowest BCUT2D eigenvalue weighted by Crippen LogP contribution is -2.14. The van der Waals surface area contributed by atoms with Crippen LogP contribution in [0, 0.1) is 0 Å². The molecule has 6 N–H and O–H groups in total. The van der Waals surface area contributed by atoms with Crippen LogP contribution in [0.5, 0.6) is 0 Å². The molecular weight excluding hydrogens is 357 g/mol. The maximum absolute atomic E-state index is 6.04. The standard InChI is InChI=1S/C10H15Br2N3.ClH/c11-6-4-7(9(14)2-1-3-13)10(15)8(12)5-6;/h4-5,9H,1-3,13-15H2;1H/t9-;/m0./s1. The Morgan fingerprint density at radius 2 is 1.88 bits per heavy atom. The van der Waals surface area contributed by atoms with Crippen molar-refractivity contribution >= 4 is 50.0 Å². The zero-order chi connectivity index (χ0) is 11.4. The van der Waals surface area contributed by atoms with Gasteiger partial charge in [-0.3, -0.25) is 0 Å². The van der Waals surface area contributed by atoms with Crippen LogP contribution in [-0.2, 0) is 0 Å². The third-order valence-corrected chi connectivity index (χ3v) is 3.36. The van der Waals surface area contributed by atoms with Crippen molar-refractivity contribution in [2.75, 3.05) is 12.3 Å². The quantitative estimate of drug-likeness (QED) is 0.710. The summed E-state index contributed by atoms with van der Waals surface area (Å²) >= 11 is 6.82. The van der Waals surface area contributed by atoms with Crippen molar-refractivity contribution in [1.82, 2.24) is 0 Å².